The summed E-state index contributed by atoms with van der Waals surface area (Å²) in [5.41, 5.74) is 8.92. The second kappa shape index (κ2) is 5.73. The van der Waals surface area contributed by atoms with Crippen LogP contribution in [-0.4, -0.2) is 4.98 Å². The molecule has 5 heteroatoms. The van der Waals surface area contributed by atoms with E-state index in [2.05, 4.69) is 17.1 Å². The molecule has 3 nitrogen and oxygen atoms in total. The maximum Gasteiger partial charge on any atom is 0.236 e. The van der Waals surface area contributed by atoms with Crippen molar-refractivity contribution in [2.45, 2.75) is 17.6 Å². The summed E-state index contributed by atoms with van der Waals surface area (Å²) in [6.07, 6.45) is 1.71. The van der Waals surface area contributed by atoms with Crippen molar-refractivity contribution in [3.05, 3.63) is 53.2 Å². The molecule has 2 N–H and O–H groups in total. The van der Waals surface area contributed by atoms with Gasteiger partial charge < -0.3 is 10.2 Å². The number of rotatable bonds is 4. The molecule has 0 saturated heterocycles. The van der Waals surface area contributed by atoms with Crippen LogP contribution in [0.25, 0.3) is 10.8 Å². The van der Waals surface area contributed by atoms with Crippen LogP contribution in [0.4, 0.5) is 5.69 Å². The highest BCUT2D eigenvalue weighted by Gasteiger charge is 2.08. The lowest BCUT2D eigenvalue weighted by molar-refractivity contribution is 0.575. The summed E-state index contributed by atoms with van der Waals surface area (Å²) in [5.74, 6) is 1.44. The highest BCUT2D eigenvalue weighted by Crippen LogP contribution is 2.30. The van der Waals surface area contributed by atoms with Crippen molar-refractivity contribution in [2.75, 3.05) is 5.73 Å². The van der Waals surface area contributed by atoms with Gasteiger partial charge in [0.1, 0.15) is 6.26 Å². The Kier molecular flexibility index (Phi) is 3.80. The number of hydrogen-bond acceptors (Lipinski definition) is 5. The molecule has 0 radical (unpaired) electrons. The average Bonchev–Trinajstić information content (AvgIpc) is 3.08. The first-order valence-corrected chi connectivity index (χ1v) is 8.06. The lowest BCUT2D eigenvalue weighted by Crippen LogP contribution is -1.90. The van der Waals surface area contributed by atoms with Crippen LogP contribution in [0, 0.1) is 6.92 Å². The minimum Gasteiger partial charge on any atom is -0.444 e. The normalized spacial score (nSPS) is 10.8. The topological polar surface area (TPSA) is 52.0 Å². The van der Waals surface area contributed by atoms with Gasteiger partial charge in [0.15, 0.2) is 0 Å². The Bertz CT molecular complexity index is 704. The molecule has 0 fully saturated rings. The van der Waals surface area contributed by atoms with Crippen molar-refractivity contribution < 1.29 is 4.42 Å². The van der Waals surface area contributed by atoms with Crippen molar-refractivity contribution in [2.24, 2.45) is 0 Å². The molecular weight excluding hydrogens is 288 g/mol. The lowest BCUT2D eigenvalue weighted by Gasteiger charge is -2.04. The largest absolute Gasteiger partial charge is 0.444 e. The van der Waals surface area contributed by atoms with Crippen molar-refractivity contribution in [3.63, 3.8) is 0 Å². The molecule has 0 aliphatic rings. The predicted molar refractivity (Wildman–Crippen MR) is 85.0 cm³/mol. The standard InChI is InChI=1S/C15H14N2OS2/c1-10-4-5-13(12(16)7-10)20-9-11-8-18-15(17-11)14-3-2-6-19-14/h2-8H,9,16H2,1H3. The fourth-order valence-corrected chi connectivity index (χ4v) is 3.32. The van der Waals surface area contributed by atoms with E-state index >= 15 is 0 Å². The molecule has 0 amide bonds. The Morgan fingerprint density at radius 1 is 1.35 bits per heavy atom. The molecule has 0 aliphatic carbocycles. The Labute approximate surface area is 125 Å². The molecule has 3 rings (SSSR count). The van der Waals surface area contributed by atoms with Gasteiger partial charge in [0.25, 0.3) is 0 Å². The Hall–Kier alpha value is -1.72. The van der Waals surface area contributed by atoms with Gasteiger partial charge in [0.2, 0.25) is 5.89 Å². The van der Waals surface area contributed by atoms with Gasteiger partial charge in [-0.25, -0.2) is 4.98 Å². The second-order valence-electron chi connectivity index (χ2n) is 4.45. The summed E-state index contributed by atoms with van der Waals surface area (Å²) < 4.78 is 5.50. The smallest absolute Gasteiger partial charge is 0.236 e. The molecule has 0 aliphatic heterocycles. The number of nitrogens with zero attached hydrogens (tertiary/aromatic N) is 1. The zero-order valence-electron chi connectivity index (χ0n) is 11.0. The zero-order valence-corrected chi connectivity index (χ0v) is 12.6. The lowest BCUT2D eigenvalue weighted by atomic mass is 10.2. The molecule has 1 aromatic carbocycles. The fourth-order valence-electron chi connectivity index (χ4n) is 1.84. The van der Waals surface area contributed by atoms with Crippen LogP contribution in [0.2, 0.25) is 0 Å². The molecule has 102 valence electrons. The molecule has 3 aromatic rings. The molecule has 20 heavy (non-hydrogen) atoms. The van der Waals surface area contributed by atoms with E-state index in [9.17, 15) is 0 Å². The highest BCUT2D eigenvalue weighted by atomic mass is 32.2. The maximum absolute atomic E-state index is 6.00. The summed E-state index contributed by atoms with van der Waals surface area (Å²) in [4.78, 5) is 6.63. The summed E-state index contributed by atoms with van der Waals surface area (Å²) >= 11 is 3.30. The van der Waals surface area contributed by atoms with Crippen LogP contribution in [-0.2, 0) is 5.75 Å². The number of aromatic nitrogens is 1. The van der Waals surface area contributed by atoms with Crippen molar-refractivity contribution >= 4 is 28.8 Å². The van der Waals surface area contributed by atoms with Gasteiger partial charge in [0, 0.05) is 16.3 Å². The van der Waals surface area contributed by atoms with Gasteiger partial charge in [-0.2, -0.15) is 0 Å². The van der Waals surface area contributed by atoms with Gasteiger partial charge in [0.05, 0.1) is 10.6 Å². The van der Waals surface area contributed by atoms with E-state index in [0.29, 0.717) is 5.89 Å². The van der Waals surface area contributed by atoms with Gasteiger partial charge in [-0.3, -0.25) is 0 Å². The Morgan fingerprint density at radius 3 is 3.00 bits per heavy atom. The summed E-state index contributed by atoms with van der Waals surface area (Å²) in [6, 6.07) is 10.1. The zero-order chi connectivity index (χ0) is 13.9. The summed E-state index contributed by atoms with van der Waals surface area (Å²) in [6.45, 7) is 2.04. The molecule has 0 atom stereocenters. The highest BCUT2D eigenvalue weighted by molar-refractivity contribution is 7.98. The molecule has 0 bridgehead atoms. The molecule has 2 aromatic heterocycles. The number of hydrogen-bond donors (Lipinski definition) is 1. The maximum atomic E-state index is 6.00. The monoisotopic (exact) mass is 302 g/mol. The Morgan fingerprint density at radius 2 is 2.25 bits per heavy atom. The van der Waals surface area contributed by atoms with Crippen molar-refractivity contribution in [3.8, 4) is 10.8 Å². The number of benzene rings is 1. The minimum atomic E-state index is 0.687. The summed E-state index contributed by atoms with van der Waals surface area (Å²) in [7, 11) is 0. The number of anilines is 1. The molecular formula is C15H14N2OS2. The van der Waals surface area contributed by atoms with E-state index < -0.39 is 0 Å². The minimum absolute atomic E-state index is 0.687. The van der Waals surface area contributed by atoms with Crippen LogP contribution in [0.15, 0.2) is 51.3 Å². The SMILES string of the molecule is Cc1ccc(SCc2coc(-c3cccs3)n2)c(N)c1. The molecule has 2 heterocycles. The van der Waals surface area contributed by atoms with E-state index in [1.807, 2.05) is 30.5 Å². The molecule has 0 saturated carbocycles. The first-order valence-electron chi connectivity index (χ1n) is 6.19. The van der Waals surface area contributed by atoms with Gasteiger partial charge in [-0.15, -0.1) is 23.1 Å². The first-order chi connectivity index (χ1) is 9.72. The molecule has 0 unspecified atom stereocenters. The van der Waals surface area contributed by atoms with E-state index in [1.54, 1.807) is 29.4 Å². The Balaban J connectivity index is 1.70. The number of nitrogens with two attached hydrogens (primary N) is 1. The number of thioether (sulfide) groups is 1. The van der Waals surface area contributed by atoms with Gasteiger partial charge in [-0.1, -0.05) is 12.1 Å². The third-order valence-electron chi connectivity index (χ3n) is 2.82. The van der Waals surface area contributed by atoms with Crippen LogP contribution >= 0.6 is 23.1 Å². The number of oxazole rings is 1. The van der Waals surface area contributed by atoms with Crippen LogP contribution < -0.4 is 5.73 Å². The van der Waals surface area contributed by atoms with Crippen LogP contribution in [0.3, 0.4) is 0 Å². The first kappa shape index (κ1) is 13.3. The van der Waals surface area contributed by atoms with Gasteiger partial charge in [-0.05, 0) is 36.1 Å². The number of aryl methyl sites for hydroxylation is 1. The van der Waals surface area contributed by atoms with Crippen LogP contribution in [0.5, 0.6) is 0 Å². The number of thiophene rings is 1. The second-order valence-corrected chi connectivity index (χ2v) is 6.42. The van der Waals surface area contributed by atoms with Crippen molar-refractivity contribution in [1.82, 2.24) is 4.98 Å². The summed E-state index contributed by atoms with van der Waals surface area (Å²) in [5, 5.41) is 2.01. The van der Waals surface area contributed by atoms with E-state index in [1.165, 1.54) is 5.56 Å². The van der Waals surface area contributed by atoms with Gasteiger partial charge >= 0.3 is 0 Å². The number of nitrogen functional groups attached to an aromatic ring is 1. The van der Waals surface area contributed by atoms with E-state index in [4.69, 9.17) is 10.2 Å². The third kappa shape index (κ3) is 2.89. The fraction of sp³-hybridized carbons (Fsp3) is 0.133. The van der Waals surface area contributed by atoms with E-state index in [0.717, 1.165) is 26.9 Å². The van der Waals surface area contributed by atoms with Crippen LogP contribution in [0.1, 0.15) is 11.3 Å². The van der Waals surface area contributed by atoms with Crippen molar-refractivity contribution in [1.29, 1.82) is 0 Å². The quantitative estimate of drug-likeness (QED) is 0.566. The average molecular weight is 302 g/mol. The van der Waals surface area contributed by atoms with E-state index in [-0.39, 0.29) is 0 Å². The third-order valence-corrected chi connectivity index (χ3v) is 4.81. The predicted octanol–water partition coefficient (Wildman–Crippen LogP) is 4.59. The molecule has 0 spiro atoms.